The minimum absolute atomic E-state index is 0.632. The zero-order chi connectivity index (χ0) is 15.2. The van der Waals surface area contributed by atoms with E-state index >= 15 is 0 Å². The lowest BCUT2D eigenvalue weighted by Gasteiger charge is -2.12. The number of halogens is 2. The van der Waals surface area contributed by atoms with Gasteiger partial charge < -0.3 is 4.74 Å². The van der Waals surface area contributed by atoms with E-state index in [9.17, 15) is 0 Å². The Labute approximate surface area is 135 Å². The maximum Gasteiger partial charge on any atom is 0.136 e. The van der Waals surface area contributed by atoms with Crippen LogP contribution in [0.1, 0.15) is 25.0 Å². The number of hydrogen-bond acceptors (Lipinski definition) is 1. The number of ether oxygens (including phenoxy) is 1. The minimum Gasteiger partial charge on any atom is -0.456 e. The third kappa shape index (κ3) is 4.13. The Morgan fingerprint density at radius 2 is 1.19 bits per heavy atom. The monoisotopic (exact) mass is 318 g/mol. The van der Waals surface area contributed by atoms with Crippen LogP contribution in [0.2, 0.25) is 10.0 Å². The van der Waals surface area contributed by atoms with Gasteiger partial charge in [0.25, 0.3) is 0 Å². The molecule has 3 heteroatoms. The molecule has 0 N–H and O–H groups in total. The normalized spacial score (nSPS) is 11.4. The van der Waals surface area contributed by atoms with Gasteiger partial charge in [0.15, 0.2) is 0 Å². The molecular formula is C18H16Cl2O. The number of hydrogen-bond donors (Lipinski definition) is 0. The zero-order valence-corrected chi connectivity index (χ0v) is 13.4. The van der Waals surface area contributed by atoms with E-state index in [1.807, 2.05) is 62.4 Å². The standard InChI is InChI=1S/C18H16Cl2O/c1-3-5-13-7-9-15(19)11-17(13)21-18-12-16(20)10-8-14(18)6-4-2/h3-12H,1-2H3. The predicted molar refractivity (Wildman–Crippen MR) is 92.4 cm³/mol. The van der Waals surface area contributed by atoms with Gasteiger partial charge in [-0.2, -0.15) is 0 Å². The number of rotatable bonds is 4. The SMILES string of the molecule is CC=Cc1ccc(Cl)cc1Oc1cc(Cl)ccc1C=CC. The molecule has 0 bridgehead atoms. The molecule has 0 aromatic heterocycles. The molecule has 0 aliphatic rings. The smallest absolute Gasteiger partial charge is 0.136 e. The first-order valence-corrected chi connectivity index (χ1v) is 7.42. The second kappa shape index (κ2) is 7.35. The molecule has 2 aromatic rings. The summed E-state index contributed by atoms with van der Waals surface area (Å²) in [7, 11) is 0. The van der Waals surface area contributed by atoms with Gasteiger partial charge in [-0.15, -0.1) is 0 Å². The summed E-state index contributed by atoms with van der Waals surface area (Å²) in [6.45, 7) is 3.92. The second-order valence-electron chi connectivity index (χ2n) is 4.47. The molecule has 0 aliphatic heterocycles. The van der Waals surface area contributed by atoms with Crippen molar-refractivity contribution >= 4 is 35.4 Å². The molecule has 0 heterocycles. The first-order chi connectivity index (χ1) is 10.1. The molecular weight excluding hydrogens is 303 g/mol. The Morgan fingerprint density at radius 1 is 0.762 bits per heavy atom. The van der Waals surface area contributed by atoms with Crippen LogP contribution >= 0.6 is 23.2 Å². The maximum atomic E-state index is 6.07. The summed E-state index contributed by atoms with van der Waals surface area (Å²) < 4.78 is 6.04. The van der Waals surface area contributed by atoms with Crippen molar-refractivity contribution in [2.45, 2.75) is 13.8 Å². The van der Waals surface area contributed by atoms with Crippen LogP contribution in [0.3, 0.4) is 0 Å². The van der Waals surface area contributed by atoms with E-state index in [2.05, 4.69) is 0 Å². The van der Waals surface area contributed by atoms with E-state index in [1.54, 1.807) is 12.1 Å². The van der Waals surface area contributed by atoms with Crippen LogP contribution in [0.5, 0.6) is 11.5 Å². The van der Waals surface area contributed by atoms with Crippen LogP contribution in [0, 0.1) is 0 Å². The summed E-state index contributed by atoms with van der Waals surface area (Å²) in [5, 5.41) is 1.26. The molecule has 0 saturated carbocycles. The van der Waals surface area contributed by atoms with Crippen molar-refractivity contribution in [2.24, 2.45) is 0 Å². The molecule has 0 atom stereocenters. The van der Waals surface area contributed by atoms with Gasteiger partial charge in [0.05, 0.1) is 0 Å². The highest BCUT2D eigenvalue weighted by Crippen LogP contribution is 2.33. The fourth-order valence-corrected chi connectivity index (χ4v) is 2.27. The highest BCUT2D eigenvalue weighted by Gasteiger charge is 2.08. The van der Waals surface area contributed by atoms with E-state index < -0.39 is 0 Å². The van der Waals surface area contributed by atoms with Crippen LogP contribution in [-0.2, 0) is 0 Å². The Balaban J connectivity index is 2.46. The Hall–Kier alpha value is -1.70. The molecule has 2 aromatic carbocycles. The lowest BCUT2D eigenvalue weighted by Crippen LogP contribution is -1.90. The summed E-state index contributed by atoms with van der Waals surface area (Å²) in [6, 6.07) is 11.1. The van der Waals surface area contributed by atoms with Gasteiger partial charge >= 0.3 is 0 Å². The molecule has 2 rings (SSSR count). The molecule has 0 aliphatic carbocycles. The summed E-state index contributed by atoms with van der Waals surface area (Å²) in [6.07, 6.45) is 7.87. The highest BCUT2D eigenvalue weighted by molar-refractivity contribution is 6.31. The lowest BCUT2D eigenvalue weighted by molar-refractivity contribution is 0.480. The summed E-state index contributed by atoms with van der Waals surface area (Å²) in [5.41, 5.74) is 1.93. The van der Waals surface area contributed by atoms with Crippen LogP contribution in [0.4, 0.5) is 0 Å². The van der Waals surface area contributed by atoms with Crippen LogP contribution in [0.15, 0.2) is 48.6 Å². The van der Waals surface area contributed by atoms with Crippen LogP contribution < -0.4 is 4.74 Å². The molecule has 0 spiro atoms. The van der Waals surface area contributed by atoms with Crippen molar-refractivity contribution in [1.82, 2.24) is 0 Å². The molecule has 0 unspecified atom stereocenters. The summed E-state index contributed by atoms with van der Waals surface area (Å²) in [5.74, 6) is 1.40. The third-order valence-electron chi connectivity index (χ3n) is 2.86. The van der Waals surface area contributed by atoms with E-state index in [-0.39, 0.29) is 0 Å². The van der Waals surface area contributed by atoms with Crippen molar-refractivity contribution in [2.75, 3.05) is 0 Å². The quantitative estimate of drug-likeness (QED) is 0.598. The Kier molecular flexibility index (Phi) is 5.49. The second-order valence-corrected chi connectivity index (χ2v) is 5.34. The van der Waals surface area contributed by atoms with Crippen molar-refractivity contribution in [3.63, 3.8) is 0 Å². The fourth-order valence-electron chi connectivity index (χ4n) is 1.95. The molecule has 108 valence electrons. The largest absolute Gasteiger partial charge is 0.456 e. The lowest BCUT2D eigenvalue weighted by atomic mass is 10.1. The highest BCUT2D eigenvalue weighted by atomic mass is 35.5. The van der Waals surface area contributed by atoms with Crippen LogP contribution in [-0.4, -0.2) is 0 Å². The molecule has 0 amide bonds. The van der Waals surface area contributed by atoms with E-state index in [0.29, 0.717) is 21.5 Å². The van der Waals surface area contributed by atoms with E-state index in [4.69, 9.17) is 27.9 Å². The molecule has 1 nitrogen and oxygen atoms in total. The first-order valence-electron chi connectivity index (χ1n) is 6.66. The zero-order valence-electron chi connectivity index (χ0n) is 11.9. The van der Waals surface area contributed by atoms with Crippen molar-refractivity contribution in [1.29, 1.82) is 0 Å². The Bertz CT molecular complexity index is 628. The average molecular weight is 319 g/mol. The molecule has 0 radical (unpaired) electrons. The van der Waals surface area contributed by atoms with Gasteiger partial charge in [0.2, 0.25) is 0 Å². The average Bonchev–Trinajstić information content (AvgIpc) is 2.45. The van der Waals surface area contributed by atoms with Crippen molar-refractivity contribution in [3.8, 4) is 11.5 Å². The molecule has 0 fully saturated rings. The van der Waals surface area contributed by atoms with Gasteiger partial charge in [-0.3, -0.25) is 0 Å². The van der Waals surface area contributed by atoms with E-state index in [1.165, 1.54) is 0 Å². The summed E-state index contributed by atoms with van der Waals surface area (Å²) in [4.78, 5) is 0. The van der Waals surface area contributed by atoms with E-state index in [0.717, 1.165) is 11.1 Å². The molecule has 0 saturated heterocycles. The van der Waals surface area contributed by atoms with Crippen molar-refractivity contribution in [3.05, 3.63) is 69.7 Å². The Morgan fingerprint density at radius 3 is 1.57 bits per heavy atom. The summed E-state index contributed by atoms with van der Waals surface area (Å²) >= 11 is 12.1. The van der Waals surface area contributed by atoms with Crippen molar-refractivity contribution < 1.29 is 4.74 Å². The first kappa shape index (κ1) is 15.7. The predicted octanol–water partition coefficient (Wildman–Crippen LogP) is 6.85. The van der Waals surface area contributed by atoms with Crippen LogP contribution in [0.25, 0.3) is 12.2 Å². The van der Waals surface area contributed by atoms with Gasteiger partial charge in [-0.25, -0.2) is 0 Å². The van der Waals surface area contributed by atoms with Gasteiger partial charge in [-0.05, 0) is 38.1 Å². The van der Waals surface area contributed by atoms with Gasteiger partial charge in [0.1, 0.15) is 11.5 Å². The minimum atomic E-state index is 0.632. The fraction of sp³-hybridized carbons (Fsp3) is 0.111. The molecule has 21 heavy (non-hydrogen) atoms. The number of allylic oxidation sites excluding steroid dienone is 2. The maximum absolute atomic E-state index is 6.07. The third-order valence-corrected chi connectivity index (χ3v) is 3.33. The number of benzene rings is 2. The van der Waals surface area contributed by atoms with Gasteiger partial charge in [-0.1, -0.05) is 47.5 Å². The van der Waals surface area contributed by atoms with Gasteiger partial charge in [0, 0.05) is 33.3 Å². The topological polar surface area (TPSA) is 9.23 Å².